The lowest BCUT2D eigenvalue weighted by atomic mass is 10.2. The van der Waals surface area contributed by atoms with Gasteiger partial charge in [-0.1, -0.05) is 40.2 Å². The SMILES string of the molecule is CNCc1ccccc1NS(=O)(=O)c1cc(Br)ccc1C. The molecule has 112 valence electrons. The molecule has 0 aliphatic carbocycles. The first-order valence-corrected chi connectivity index (χ1v) is 8.73. The number of hydrogen-bond acceptors (Lipinski definition) is 3. The van der Waals surface area contributed by atoms with E-state index in [4.69, 9.17) is 0 Å². The van der Waals surface area contributed by atoms with Crippen molar-refractivity contribution in [3.05, 3.63) is 58.1 Å². The molecule has 0 atom stereocenters. The fraction of sp³-hybridized carbons (Fsp3) is 0.200. The number of anilines is 1. The second-order valence-corrected chi connectivity index (χ2v) is 7.27. The van der Waals surface area contributed by atoms with Gasteiger partial charge in [0.25, 0.3) is 10.0 Å². The Hall–Kier alpha value is -1.37. The van der Waals surface area contributed by atoms with Crippen molar-refractivity contribution in [2.24, 2.45) is 0 Å². The first kappa shape index (κ1) is 16.0. The van der Waals surface area contributed by atoms with Crippen molar-refractivity contribution in [3.8, 4) is 0 Å². The molecule has 0 aromatic heterocycles. The minimum Gasteiger partial charge on any atom is -0.316 e. The van der Waals surface area contributed by atoms with E-state index in [0.29, 0.717) is 17.8 Å². The van der Waals surface area contributed by atoms with E-state index < -0.39 is 10.0 Å². The average molecular weight is 369 g/mol. The molecule has 0 bridgehead atoms. The minimum atomic E-state index is -3.62. The maximum absolute atomic E-state index is 12.6. The first-order chi connectivity index (χ1) is 9.94. The summed E-state index contributed by atoms with van der Waals surface area (Å²) in [6.07, 6.45) is 0. The van der Waals surface area contributed by atoms with Gasteiger partial charge in [-0.3, -0.25) is 4.72 Å². The summed E-state index contributed by atoms with van der Waals surface area (Å²) in [6.45, 7) is 2.37. The molecule has 0 fully saturated rings. The van der Waals surface area contributed by atoms with Crippen molar-refractivity contribution in [1.82, 2.24) is 5.32 Å². The fourth-order valence-corrected chi connectivity index (χ4v) is 3.91. The van der Waals surface area contributed by atoms with Crippen molar-refractivity contribution in [3.63, 3.8) is 0 Å². The van der Waals surface area contributed by atoms with Gasteiger partial charge in [-0.25, -0.2) is 8.42 Å². The molecule has 6 heteroatoms. The summed E-state index contributed by atoms with van der Waals surface area (Å²) in [5.74, 6) is 0. The topological polar surface area (TPSA) is 58.2 Å². The van der Waals surface area contributed by atoms with E-state index in [9.17, 15) is 8.42 Å². The number of rotatable bonds is 5. The lowest BCUT2D eigenvalue weighted by Gasteiger charge is -2.14. The van der Waals surface area contributed by atoms with Crippen molar-refractivity contribution < 1.29 is 8.42 Å². The third-order valence-corrected chi connectivity index (χ3v) is 5.07. The average Bonchev–Trinajstić information content (AvgIpc) is 2.43. The highest BCUT2D eigenvalue weighted by molar-refractivity contribution is 9.10. The number of benzene rings is 2. The third-order valence-electron chi connectivity index (χ3n) is 3.07. The van der Waals surface area contributed by atoms with E-state index >= 15 is 0 Å². The molecular formula is C15H17BrN2O2S. The van der Waals surface area contributed by atoms with E-state index in [1.165, 1.54) is 0 Å². The second kappa shape index (κ2) is 6.60. The van der Waals surface area contributed by atoms with Crippen LogP contribution in [0.15, 0.2) is 51.8 Å². The quantitative estimate of drug-likeness (QED) is 0.851. The normalized spacial score (nSPS) is 11.4. The van der Waals surface area contributed by atoms with Gasteiger partial charge in [-0.2, -0.15) is 0 Å². The number of para-hydroxylation sites is 1. The summed E-state index contributed by atoms with van der Waals surface area (Å²) >= 11 is 3.31. The highest BCUT2D eigenvalue weighted by Gasteiger charge is 2.18. The van der Waals surface area contributed by atoms with Crippen LogP contribution in [0.4, 0.5) is 5.69 Å². The minimum absolute atomic E-state index is 0.274. The highest BCUT2D eigenvalue weighted by atomic mass is 79.9. The molecule has 0 heterocycles. The van der Waals surface area contributed by atoms with E-state index in [1.54, 1.807) is 25.1 Å². The molecule has 0 saturated heterocycles. The molecule has 0 amide bonds. The molecule has 0 saturated carbocycles. The number of nitrogens with one attached hydrogen (secondary N) is 2. The van der Waals surface area contributed by atoms with Gasteiger partial charge in [0.2, 0.25) is 0 Å². The monoisotopic (exact) mass is 368 g/mol. The van der Waals surface area contributed by atoms with Gasteiger partial charge in [0.15, 0.2) is 0 Å². The zero-order chi connectivity index (χ0) is 15.5. The Morgan fingerprint density at radius 2 is 1.86 bits per heavy atom. The molecule has 0 aliphatic rings. The van der Waals surface area contributed by atoms with Crippen LogP contribution in [0.25, 0.3) is 0 Å². The van der Waals surface area contributed by atoms with Crippen LogP contribution in [0.2, 0.25) is 0 Å². The van der Waals surface area contributed by atoms with E-state index in [1.807, 2.05) is 31.3 Å². The van der Waals surface area contributed by atoms with E-state index in [2.05, 4.69) is 26.0 Å². The van der Waals surface area contributed by atoms with Crippen molar-refractivity contribution in [1.29, 1.82) is 0 Å². The Morgan fingerprint density at radius 3 is 2.57 bits per heavy atom. The summed E-state index contributed by atoms with van der Waals surface area (Å²) in [5, 5.41) is 3.03. The van der Waals surface area contributed by atoms with E-state index in [-0.39, 0.29) is 4.90 Å². The van der Waals surface area contributed by atoms with Crippen LogP contribution in [-0.2, 0) is 16.6 Å². The van der Waals surface area contributed by atoms with Gasteiger partial charge in [-0.05, 0) is 43.3 Å². The Kier molecular flexibility index (Phi) is 5.03. The number of aryl methyl sites for hydroxylation is 1. The van der Waals surface area contributed by atoms with Gasteiger partial charge < -0.3 is 5.32 Å². The number of halogens is 1. The molecule has 2 aromatic carbocycles. The van der Waals surface area contributed by atoms with Crippen molar-refractivity contribution in [2.45, 2.75) is 18.4 Å². The van der Waals surface area contributed by atoms with Crippen LogP contribution < -0.4 is 10.0 Å². The second-order valence-electron chi connectivity index (χ2n) is 4.70. The standard InChI is InChI=1S/C15H17BrN2O2S/c1-11-7-8-13(16)9-15(11)21(19,20)18-14-6-4-3-5-12(14)10-17-2/h3-9,17-18H,10H2,1-2H3. The van der Waals surface area contributed by atoms with Crippen LogP contribution >= 0.6 is 15.9 Å². The molecule has 4 nitrogen and oxygen atoms in total. The predicted octanol–water partition coefficient (Wildman–Crippen LogP) is 3.28. The molecule has 2 rings (SSSR count). The summed E-state index contributed by atoms with van der Waals surface area (Å²) < 4.78 is 28.6. The zero-order valence-electron chi connectivity index (χ0n) is 11.9. The van der Waals surface area contributed by atoms with Gasteiger partial charge in [0, 0.05) is 11.0 Å². The maximum Gasteiger partial charge on any atom is 0.262 e. The molecule has 0 spiro atoms. The Morgan fingerprint density at radius 1 is 1.14 bits per heavy atom. The fourth-order valence-electron chi connectivity index (χ4n) is 2.03. The molecular weight excluding hydrogens is 352 g/mol. The van der Waals surface area contributed by atoms with Crippen LogP contribution in [0.5, 0.6) is 0 Å². The van der Waals surface area contributed by atoms with Crippen LogP contribution in [0, 0.1) is 6.92 Å². The molecule has 2 N–H and O–H groups in total. The summed E-state index contributed by atoms with van der Waals surface area (Å²) in [5.41, 5.74) is 2.19. The first-order valence-electron chi connectivity index (χ1n) is 6.45. The maximum atomic E-state index is 12.6. The number of hydrogen-bond donors (Lipinski definition) is 2. The molecule has 0 aliphatic heterocycles. The Labute approximate surface area is 133 Å². The van der Waals surface area contributed by atoms with Gasteiger partial charge >= 0.3 is 0 Å². The Balaban J connectivity index is 2.40. The summed E-state index contributed by atoms with van der Waals surface area (Å²) in [6, 6.07) is 12.6. The molecule has 0 radical (unpaired) electrons. The summed E-state index contributed by atoms with van der Waals surface area (Å²) in [7, 11) is -1.79. The summed E-state index contributed by atoms with van der Waals surface area (Å²) in [4.78, 5) is 0.274. The van der Waals surface area contributed by atoms with Crippen molar-refractivity contribution in [2.75, 3.05) is 11.8 Å². The Bertz CT molecular complexity index is 745. The molecule has 2 aromatic rings. The van der Waals surface area contributed by atoms with Crippen LogP contribution in [0.1, 0.15) is 11.1 Å². The lowest BCUT2D eigenvalue weighted by molar-refractivity contribution is 0.600. The zero-order valence-corrected chi connectivity index (χ0v) is 14.3. The highest BCUT2D eigenvalue weighted by Crippen LogP contribution is 2.24. The number of sulfonamides is 1. The van der Waals surface area contributed by atoms with E-state index in [0.717, 1.165) is 10.0 Å². The van der Waals surface area contributed by atoms with Crippen LogP contribution in [0.3, 0.4) is 0 Å². The lowest BCUT2D eigenvalue weighted by Crippen LogP contribution is -2.17. The van der Waals surface area contributed by atoms with Gasteiger partial charge in [0.05, 0.1) is 10.6 Å². The van der Waals surface area contributed by atoms with Crippen molar-refractivity contribution >= 4 is 31.6 Å². The largest absolute Gasteiger partial charge is 0.316 e. The molecule has 0 unspecified atom stereocenters. The smallest absolute Gasteiger partial charge is 0.262 e. The van der Waals surface area contributed by atoms with Gasteiger partial charge in [0.1, 0.15) is 0 Å². The van der Waals surface area contributed by atoms with Crippen LogP contribution in [-0.4, -0.2) is 15.5 Å². The molecule has 21 heavy (non-hydrogen) atoms. The van der Waals surface area contributed by atoms with Gasteiger partial charge in [-0.15, -0.1) is 0 Å². The predicted molar refractivity (Wildman–Crippen MR) is 88.9 cm³/mol. The third kappa shape index (κ3) is 3.84.